The molecule has 0 aromatic carbocycles. The molecule has 3 aromatic heterocycles. The molecule has 31 heavy (non-hydrogen) atoms. The van der Waals surface area contributed by atoms with E-state index in [1.54, 1.807) is 0 Å². The van der Waals surface area contributed by atoms with Gasteiger partial charge in [-0.05, 0) is 50.2 Å². The van der Waals surface area contributed by atoms with Crippen LogP contribution in [-0.2, 0) is 0 Å². The van der Waals surface area contributed by atoms with Gasteiger partial charge >= 0.3 is 6.01 Å². The summed E-state index contributed by atoms with van der Waals surface area (Å²) in [5.74, 6) is 3.79. The first-order valence-corrected chi connectivity index (χ1v) is 11.1. The molecule has 9 nitrogen and oxygen atoms in total. The Labute approximate surface area is 182 Å². The predicted octanol–water partition coefficient (Wildman–Crippen LogP) is 4.30. The molecule has 0 saturated carbocycles. The average Bonchev–Trinajstić information content (AvgIpc) is 3.46. The third-order valence-electron chi connectivity index (χ3n) is 6.14. The molecule has 0 spiro atoms. The van der Waals surface area contributed by atoms with E-state index in [0.717, 1.165) is 61.8 Å². The maximum Gasteiger partial charge on any atom is 0.324 e. The quantitative estimate of drug-likeness (QED) is 0.565. The van der Waals surface area contributed by atoms with Crippen molar-refractivity contribution in [2.45, 2.75) is 52.9 Å². The SMILES string of the molecule is Cc1nc(NCC[C@@H](C)C2CCN(c3nc(C(C)C)no3)CC2)ccc1-c1nnco1. The van der Waals surface area contributed by atoms with E-state index < -0.39 is 0 Å². The van der Waals surface area contributed by atoms with E-state index in [2.05, 4.69) is 56.3 Å². The standard InChI is InChI=1S/C22H31N7O2/c1-14(2)20-26-22(31-28-20)29-11-8-17(9-12-29)15(3)7-10-23-19-6-5-18(16(4)25-19)21-27-24-13-30-21/h5-6,13-15,17H,7-12H2,1-4H3,(H,23,25)/t15-/m1/s1. The van der Waals surface area contributed by atoms with Crippen LogP contribution in [0.2, 0.25) is 0 Å². The lowest BCUT2D eigenvalue weighted by molar-refractivity contribution is 0.275. The number of piperidine rings is 1. The van der Waals surface area contributed by atoms with E-state index >= 15 is 0 Å². The van der Waals surface area contributed by atoms with E-state index in [4.69, 9.17) is 8.94 Å². The first-order valence-electron chi connectivity index (χ1n) is 11.1. The smallest absolute Gasteiger partial charge is 0.324 e. The van der Waals surface area contributed by atoms with Crippen LogP contribution in [0, 0.1) is 18.8 Å². The van der Waals surface area contributed by atoms with Crippen LogP contribution in [0.15, 0.2) is 27.5 Å². The Hall–Kier alpha value is -2.97. The Bertz CT molecular complexity index is 962. The van der Waals surface area contributed by atoms with Crippen LogP contribution in [0.1, 0.15) is 57.5 Å². The topological polar surface area (TPSA) is 106 Å². The summed E-state index contributed by atoms with van der Waals surface area (Å²) in [4.78, 5) is 11.4. The molecule has 0 aliphatic carbocycles. The Balaban J connectivity index is 1.22. The summed E-state index contributed by atoms with van der Waals surface area (Å²) in [6.07, 6.45) is 4.74. The zero-order valence-corrected chi connectivity index (χ0v) is 18.7. The average molecular weight is 426 g/mol. The minimum atomic E-state index is 0.288. The van der Waals surface area contributed by atoms with Gasteiger partial charge in [-0.15, -0.1) is 10.2 Å². The Morgan fingerprint density at radius 3 is 2.61 bits per heavy atom. The number of pyridine rings is 1. The summed E-state index contributed by atoms with van der Waals surface area (Å²) in [6.45, 7) is 11.3. The summed E-state index contributed by atoms with van der Waals surface area (Å²) in [5, 5.41) is 15.2. The van der Waals surface area contributed by atoms with Gasteiger partial charge in [0.1, 0.15) is 5.82 Å². The minimum Gasteiger partial charge on any atom is -0.423 e. The van der Waals surface area contributed by atoms with Crippen LogP contribution in [0.3, 0.4) is 0 Å². The van der Waals surface area contributed by atoms with Crippen molar-refractivity contribution in [3.05, 3.63) is 30.0 Å². The third-order valence-corrected chi connectivity index (χ3v) is 6.14. The first-order chi connectivity index (χ1) is 15.0. The summed E-state index contributed by atoms with van der Waals surface area (Å²) in [6, 6.07) is 4.60. The van der Waals surface area contributed by atoms with Crippen molar-refractivity contribution >= 4 is 11.8 Å². The molecular weight excluding hydrogens is 394 g/mol. The van der Waals surface area contributed by atoms with E-state index in [1.807, 2.05) is 19.1 Å². The summed E-state index contributed by atoms with van der Waals surface area (Å²) >= 11 is 0. The molecule has 3 aromatic rings. The van der Waals surface area contributed by atoms with Gasteiger partial charge in [0, 0.05) is 25.6 Å². The molecule has 0 radical (unpaired) electrons. The zero-order chi connectivity index (χ0) is 21.8. The van der Waals surface area contributed by atoms with Crippen molar-refractivity contribution in [3.63, 3.8) is 0 Å². The van der Waals surface area contributed by atoms with Gasteiger partial charge in [-0.2, -0.15) is 4.98 Å². The van der Waals surface area contributed by atoms with Gasteiger partial charge in [0.15, 0.2) is 5.82 Å². The molecule has 0 unspecified atom stereocenters. The van der Waals surface area contributed by atoms with E-state index in [-0.39, 0.29) is 5.92 Å². The molecule has 4 heterocycles. The van der Waals surface area contributed by atoms with Gasteiger partial charge < -0.3 is 19.2 Å². The van der Waals surface area contributed by atoms with Gasteiger partial charge in [0.25, 0.3) is 0 Å². The summed E-state index contributed by atoms with van der Waals surface area (Å²) in [7, 11) is 0. The van der Waals surface area contributed by atoms with Crippen molar-refractivity contribution in [1.29, 1.82) is 0 Å². The van der Waals surface area contributed by atoms with Gasteiger partial charge in [0.05, 0.1) is 11.3 Å². The second-order valence-corrected chi connectivity index (χ2v) is 8.68. The molecule has 1 fully saturated rings. The second-order valence-electron chi connectivity index (χ2n) is 8.68. The fraction of sp³-hybridized carbons (Fsp3) is 0.591. The molecule has 1 atom stereocenters. The van der Waals surface area contributed by atoms with Crippen LogP contribution in [0.4, 0.5) is 11.8 Å². The monoisotopic (exact) mass is 425 g/mol. The van der Waals surface area contributed by atoms with Gasteiger partial charge in [-0.3, -0.25) is 0 Å². The molecule has 1 aliphatic rings. The fourth-order valence-electron chi connectivity index (χ4n) is 4.09. The molecule has 4 rings (SSSR count). The summed E-state index contributed by atoms with van der Waals surface area (Å²) < 4.78 is 10.7. The number of nitrogens with zero attached hydrogens (tertiary/aromatic N) is 6. The molecule has 0 bridgehead atoms. The highest BCUT2D eigenvalue weighted by molar-refractivity contribution is 5.58. The number of aryl methyl sites for hydroxylation is 1. The molecular formula is C22H31N7O2. The van der Waals surface area contributed by atoms with Crippen LogP contribution >= 0.6 is 0 Å². The second kappa shape index (κ2) is 9.45. The molecule has 0 amide bonds. The highest BCUT2D eigenvalue weighted by Gasteiger charge is 2.26. The van der Waals surface area contributed by atoms with Crippen molar-refractivity contribution in [3.8, 4) is 11.5 Å². The van der Waals surface area contributed by atoms with Crippen molar-refractivity contribution in [2.24, 2.45) is 11.8 Å². The zero-order valence-electron chi connectivity index (χ0n) is 18.7. The number of rotatable bonds is 8. The minimum absolute atomic E-state index is 0.288. The lowest BCUT2D eigenvalue weighted by Gasteiger charge is -2.33. The van der Waals surface area contributed by atoms with Gasteiger partial charge in [0.2, 0.25) is 12.3 Å². The van der Waals surface area contributed by atoms with Crippen molar-refractivity contribution in [1.82, 2.24) is 25.3 Å². The van der Waals surface area contributed by atoms with Crippen molar-refractivity contribution in [2.75, 3.05) is 29.9 Å². The predicted molar refractivity (Wildman–Crippen MR) is 118 cm³/mol. The molecule has 1 saturated heterocycles. The van der Waals surface area contributed by atoms with Gasteiger partial charge in [-0.1, -0.05) is 25.9 Å². The Kier molecular flexibility index (Phi) is 6.48. The Morgan fingerprint density at radius 1 is 1.16 bits per heavy atom. The first kappa shape index (κ1) is 21.3. The van der Waals surface area contributed by atoms with E-state index in [0.29, 0.717) is 23.7 Å². The van der Waals surface area contributed by atoms with Crippen LogP contribution in [-0.4, -0.2) is 45.0 Å². The number of hydrogen-bond acceptors (Lipinski definition) is 9. The van der Waals surface area contributed by atoms with E-state index in [9.17, 15) is 0 Å². The fourth-order valence-corrected chi connectivity index (χ4v) is 4.09. The lowest BCUT2D eigenvalue weighted by Crippen LogP contribution is -2.36. The van der Waals surface area contributed by atoms with Crippen molar-refractivity contribution < 1.29 is 8.94 Å². The highest BCUT2D eigenvalue weighted by Crippen LogP contribution is 2.29. The molecule has 9 heteroatoms. The third kappa shape index (κ3) is 5.03. The largest absolute Gasteiger partial charge is 0.423 e. The lowest BCUT2D eigenvalue weighted by atomic mass is 9.83. The van der Waals surface area contributed by atoms with Crippen LogP contribution in [0.25, 0.3) is 11.5 Å². The highest BCUT2D eigenvalue weighted by atomic mass is 16.5. The molecule has 166 valence electrons. The number of hydrogen-bond donors (Lipinski definition) is 1. The Morgan fingerprint density at radius 2 is 1.97 bits per heavy atom. The number of anilines is 2. The normalized spacial score (nSPS) is 16.1. The summed E-state index contributed by atoms with van der Waals surface area (Å²) in [5.41, 5.74) is 1.74. The van der Waals surface area contributed by atoms with Gasteiger partial charge in [-0.25, -0.2) is 4.98 Å². The molecule has 1 N–H and O–H groups in total. The van der Waals surface area contributed by atoms with Crippen LogP contribution < -0.4 is 10.2 Å². The van der Waals surface area contributed by atoms with E-state index in [1.165, 1.54) is 6.39 Å². The maximum absolute atomic E-state index is 5.45. The maximum atomic E-state index is 5.45. The number of nitrogens with one attached hydrogen (secondary N) is 1. The molecule has 1 aliphatic heterocycles. The number of aromatic nitrogens is 5. The van der Waals surface area contributed by atoms with Crippen LogP contribution in [0.5, 0.6) is 0 Å².